The van der Waals surface area contributed by atoms with Gasteiger partial charge in [-0.05, 0) is 54.0 Å². The molecule has 1 rings (SSSR count). The molecule has 1 aromatic carbocycles. The van der Waals surface area contributed by atoms with Crippen LogP contribution in [0.15, 0.2) is 30.3 Å². The number of benzene rings is 1. The summed E-state index contributed by atoms with van der Waals surface area (Å²) in [6, 6.07) is 6.30. The number of amides is 1. The molecule has 0 bridgehead atoms. The van der Waals surface area contributed by atoms with E-state index in [2.05, 4.69) is 0 Å². The maximum Gasteiger partial charge on any atom is 0.411 e. The highest BCUT2D eigenvalue weighted by atomic mass is 16.6. The summed E-state index contributed by atoms with van der Waals surface area (Å²) in [5.74, 6) is -2.13. The molecule has 1 aromatic rings. The van der Waals surface area contributed by atoms with Gasteiger partial charge in [-0.2, -0.15) is 0 Å². The summed E-state index contributed by atoms with van der Waals surface area (Å²) in [5, 5.41) is 9.53. The largest absolute Gasteiger partial charge is 0.444 e. The average Bonchev–Trinajstić information content (AvgIpc) is 2.64. The minimum atomic E-state index is -1.41. The van der Waals surface area contributed by atoms with Gasteiger partial charge in [0, 0.05) is 0 Å². The van der Waals surface area contributed by atoms with Crippen LogP contribution in [0, 0.1) is 0 Å². The lowest BCUT2D eigenvalue weighted by molar-refractivity contribution is -0.168. The van der Waals surface area contributed by atoms with Crippen molar-refractivity contribution in [2.45, 2.75) is 84.4 Å². The van der Waals surface area contributed by atoms with E-state index < -0.39 is 47.4 Å². The van der Waals surface area contributed by atoms with E-state index in [4.69, 9.17) is 19.9 Å². The van der Waals surface area contributed by atoms with Gasteiger partial charge in [0.05, 0.1) is 24.9 Å². The van der Waals surface area contributed by atoms with Gasteiger partial charge in [-0.3, -0.25) is 4.90 Å². The van der Waals surface area contributed by atoms with Gasteiger partial charge in [0.25, 0.3) is 0 Å². The third-order valence-electron chi connectivity index (χ3n) is 4.14. The predicted molar refractivity (Wildman–Crippen MR) is 118 cm³/mol. The number of hydrogen-bond donors (Lipinski definition) is 2. The number of carbonyl (C=O) groups excluding carboxylic acids is 3. The fourth-order valence-electron chi connectivity index (χ4n) is 2.45. The Morgan fingerprint density at radius 3 is 2.03 bits per heavy atom. The molecule has 0 aliphatic rings. The van der Waals surface area contributed by atoms with Crippen LogP contribution in [0.4, 0.5) is 4.79 Å². The highest BCUT2D eigenvalue weighted by molar-refractivity contribution is 5.92. The van der Waals surface area contributed by atoms with Crippen LogP contribution < -0.4 is 5.73 Å². The normalized spacial score (nSPS) is 14.8. The third-order valence-corrected chi connectivity index (χ3v) is 4.14. The lowest BCUT2D eigenvalue weighted by atomic mass is 10.1. The number of nitrogens with zero attached hydrogens (tertiary/aromatic N) is 1. The summed E-state index contributed by atoms with van der Waals surface area (Å²) < 4.78 is 16.2. The molecule has 0 aliphatic heterocycles. The Bertz CT molecular complexity index is 767. The van der Waals surface area contributed by atoms with Crippen LogP contribution in [0.2, 0.25) is 0 Å². The first kappa shape index (κ1) is 27.5. The smallest absolute Gasteiger partial charge is 0.411 e. The average molecular weight is 453 g/mol. The van der Waals surface area contributed by atoms with Crippen LogP contribution in [-0.4, -0.2) is 64.0 Å². The fraction of sp³-hybridized carbons (Fsp3) is 0.609. The van der Waals surface area contributed by atoms with Crippen molar-refractivity contribution < 1.29 is 33.7 Å². The number of rotatable bonds is 8. The van der Waals surface area contributed by atoms with Crippen molar-refractivity contribution >= 4 is 18.0 Å². The first-order valence-corrected chi connectivity index (χ1v) is 10.5. The molecule has 180 valence electrons. The molecule has 0 heterocycles. The lowest BCUT2D eigenvalue weighted by Crippen LogP contribution is -2.52. The Balaban J connectivity index is 3.29. The van der Waals surface area contributed by atoms with E-state index in [1.54, 1.807) is 65.8 Å². The molecule has 0 spiro atoms. The molecule has 0 saturated carbocycles. The first-order valence-electron chi connectivity index (χ1n) is 10.5. The Morgan fingerprint density at radius 1 is 1.00 bits per heavy atom. The topological polar surface area (TPSA) is 128 Å². The molecule has 1 amide bonds. The molecule has 0 aromatic heterocycles. The maximum atomic E-state index is 13.1. The van der Waals surface area contributed by atoms with Crippen LogP contribution in [0.3, 0.4) is 0 Å². The van der Waals surface area contributed by atoms with Crippen LogP contribution >= 0.6 is 0 Å². The maximum absolute atomic E-state index is 13.1. The molecule has 0 fully saturated rings. The van der Waals surface area contributed by atoms with Crippen molar-refractivity contribution in [2.24, 2.45) is 5.73 Å². The van der Waals surface area contributed by atoms with Crippen molar-refractivity contribution in [2.75, 3.05) is 6.61 Å². The molecule has 0 saturated heterocycles. The van der Waals surface area contributed by atoms with Crippen LogP contribution in [0.5, 0.6) is 0 Å². The summed E-state index contributed by atoms with van der Waals surface area (Å²) in [6.45, 7) is 11.6. The van der Waals surface area contributed by atoms with Gasteiger partial charge in [0.2, 0.25) is 0 Å². The number of aliphatic hydroxyl groups excluding tert-OH is 1. The Labute approximate surface area is 189 Å². The van der Waals surface area contributed by atoms with Crippen LogP contribution in [0.1, 0.15) is 54.0 Å². The van der Waals surface area contributed by atoms with Crippen LogP contribution in [-0.2, 0) is 30.3 Å². The number of nitrogens with two attached hydrogens (primary N) is 1. The molecule has 32 heavy (non-hydrogen) atoms. The van der Waals surface area contributed by atoms with E-state index in [0.717, 1.165) is 10.5 Å². The molecule has 9 nitrogen and oxygen atoms in total. The van der Waals surface area contributed by atoms with E-state index in [9.17, 15) is 19.5 Å². The molecule has 3 N–H and O–H groups in total. The first-order chi connectivity index (χ1) is 14.6. The van der Waals surface area contributed by atoms with E-state index in [1.165, 1.54) is 6.92 Å². The molecular formula is C23H36N2O7. The minimum absolute atomic E-state index is 0.0136. The van der Waals surface area contributed by atoms with E-state index >= 15 is 0 Å². The molecule has 0 aliphatic carbocycles. The minimum Gasteiger partial charge on any atom is -0.444 e. The molecule has 9 heteroatoms. The summed E-state index contributed by atoms with van der Waals surface area (Å²) in [5.41, 5.74) is 4.86. The second kappa shape index (κ2) is 11.4. The number of esters is 2. The Hall–Kier alpha value is -2.49. The molecule has 3 atom stereocenters. The SMILES string of the molecule is C[C@@H](O)[C@H](N)C(=O)OC(=O)[C@H](COC(C)(C)C)N(Cc1ccccc1)C(=O)OC(C)(C)C. The second-order valence-corrected chi connectivity index (χ2v) is 9.54. The highest BCUT2D eigenvalue weighted by Crippen LogP contribution is 2.19. The quantitative estimate of drug-likeness (QED) is 0.454. The molecular weight excluding hydrogens is 416 g/mol. The van der Waals surface area contributed by atoms with Gasteiger partial charge in [-0.15, -0.1) is 0 Å². The van der Waals surface area contributed by atoms with Gasteiger partial charge in [0.1, 0.15) is 11.6 Å². The van der Waals surface area contributed by atoms with E-state index in [1.807, 2.05) is 6.07 Å². The number of ether oxygens (including phenoxy) is 3. The number of hydrogen-bond acceptors (Lipinski definition) is 8. The standard InChI is InChI=1S/C23H36N2O7/c1-15(26)18(24)20(28)31-19(27)17(14-30-22(2,3)4)25(21(29)32-23(5,6)7)13-16-11-9-8-10-12-16/h8-12,15,17-18,26H,13-14,24H2,1-7H3/t15-,17+,18+/m1/s1. The lowest BCUT2D eigenvalue weighted by Gasteiger charge is -2.33. The zero-order valence-electron chi connectivity index (χ0n) is 20.0. The van der Waals surface area contributed by atoms with Gasteiger partial charge in [-0.25, -0.2) is 14.4 Å². The summed E-state index contributed by atoms with van der Waals surface area (Å²) >= 11 is 0. The van der Waals surface area contributed by atoms with Gasteiger partial charge < -0.3 is 25.1 Å². The van der Waals surface area contributed by atoms with Crippen molar-refractivity contribution in [1.82, 2.24) is 4.90 Å². The predicted octanol–water partition coefficient (Wildman–Crippen LogP) is 2.39. The van der Waals surface area contributed by atoms with E-state index in [0.29, 0.717) is 0 Å². The highest BCUT2D eigenvalue weighted by Gasteiger charge is 2.37. The third kappa shape index (κ3) is 9.76. The van der Waals surface area contributed by atoms with Crippen molar-refractivity contribution in [3.63, 3.8) is 0 Å². The summed E-state index contributed by atoms with van der Waals surface area (Å²) in [4.78, 5) is 39.4. The van der Waals surface area contributed by atoms with Crippen molar-refractivity contribution in [1.29, 1.82) is 0 Å². The van der Waals surface area contributed by atoms with Gasteiger partial charge in [0.15, 0.2) is 6.04 Å². The molecule has 0 unspecified atom stereocenters. The zero-order chi connectivity index (χ0) is 24.7. The second-order valence-electron chi connectivity index (χ2n) is 9.54. The fourth-order valence-corrected chi connectivity index (χ4v) is 2.45. The summed E-state index contributed by atoms with van der Waals surface area (Å²) in [6.07, 6.45) is -1.99. The molecule has 0 radical (unpaired) electrons. The van der Waals surface area contributed by atoms with Crippen LogP contribution in [0.25, 0.3) is 0 Å². The number of carbonyl (C=O) groups is 3. The van der Waals surface area contributed by atoms with Gasteiger partial charge in [-0.1, -0.05) is 30.3 Å². The van der Waals surface area contributed by atoms with Gasteiger partial charge >= 0.3 is 18.0 Å². The Morgan fingerprint density at radius 2 is 1.56 bits per heavy atom. The van der Waals surface area contributed by atoms with Crippen molar-refractivity contribution in [3.05, 3.63) is 35.9 Å². The zero-order valence-corrected chi connectivity index (χ0v) is 20.0. The monoisotopic (exact) mass is 452 g/mol. The van der Waals surface area contributed by atoms with E-state index in [-0.39, 0.29) is 13.2 Å². The Kier molecular flexibility index (Phi) is 9.81. The summed E-state index contributed by atoms with van der Waals surface area (Å²) in [7, 11) is 0. The number of aliphatic hydroxyl groups is 1. The van der Waals surface area contributed by atoms with Crippen molar-refractivity contribution in [3.8, 4) is 0 Å².